The first-order chi connectivity index (χ1) is 6.19. The van der Waals surface area contributed by atoms with E-state index in [-0.39, 0.29) is 11.1 Å². The Morgan fingerprint density at radius 1 is 1.54 bits per heavy atom. The van der Waals surface area contributed by atoms with Crippen molar-refractivity contribution >= 4 is 37.6 Å². The van der Waals surface area contributed by atoms with Crippen molar-refractivity contribution in [2.45, 2.75) is 0 Å². The van der Waals surface area contributed by atoms with Crippen molar-refractivity contribution in [1.82, 2.24) is 0 Å². The highest BCUT2D eigenvalue weighted by Crippen LogP contribution is 2.16. The molecule has 0 aliphatic rings. The Hall–Kier alpha value is -0.660. The molecule has 0 fully saturated rings. The molecule has 0 unspecified atom stereocenters. The first-order valence-electron chi connectivity index (χ1n) is 3.48. The van der Waals surface area contributed by atoms with Gasteiger partial charge in [0.25, 0.3) is 0 Å². The Balaban J connectivity index is 3.23. The molecule has 0 saturated carbocycles. The van der Waals surface area contributed by atoms with Gasteiger partial charge in [-0.15, -0.1) is 0 Å². The SMILES string of the molecule is N#Cc1cc(Br)ccc1C(=O)CBr. The van der Waals surface area contributed by atoms with Crippen molar-refractivity contribution in [3.05, 3.63) is 33.8 Å². The van der Waals surface area contributed by atoms with Crippen LogP contribution >= 0.6 is 31.9 Å². The van der Waals surface area contributed by atoms with E-state index in [0.29, 0.717) is 11.1 Å². The molecular formula is C9H5Br2NO. The molecule has 0 amide bonds. The van der Waals surface area contributed by atoms with Crippen LogP contribution in [0.5, 0.6) is 0 Å². The number of hydrogen-bond donors (Lipinski definition) is 0. The summed E-state index contributed by atoms with van der Waals surface area (Å²) >= 11 is 6.30. The third kappa shape index (κ3) is 2.39. The predicted octanol–water partition coefficient (Wildman–Crippen LogP) is 2.90. The lowest BCUT2D eigenvalue weighted by Crippen LogP contribution is -2.02. The zero-order chi connectivity index (χ0) is 9.84. The van der Waals surface area contributed by atoms with E-state index in [0.717, 1.165) is 4.47 Å². The molecule has 1 aromatic carbocycles. The minimum Gasteiger partial charge on any atom is -0.293 e. The van der Waals surface area contributed by atoms with E-state index in [1.807, 2.05) is 6.07 Å². The fourth-order valence-corrected chi connectivity index (χ4v) is 1.59. The second kappa shape index (κ2) is 4.54. The largest absolute Gasteiger partial charge is 0.293 e. The summed E-state index contributed by atoms with van der Waals surface area (Å²) in [6.45, 7) is 0. The highest BCUT2D eigenvalue weighted by atomic mass is 79.9. The Morgan fingerprint density at radius 2 is 2.23 bits per heavy atom. The van der Waals surface area contributed by atoms with Gasteiger partial charge >= 0.3 is 0 Å². The van der Waals surface area contributed by atoms with Crippen molar-refractivity contribution in [3.8, 4) is 6.07 Å². The second-order valence-electron chi connectivity index (χ2n) is 2.36. The third-order valence-electron chi connectivity index (χ3n) is 1.52. The second-order valence-corrected chi connectivity index (χ2v) is 3.83. The molecule has 0 saturated heterocycles. The number of rotatable bonds is 2. The van der Waals surface area contributed by atoms with Crippen molar-refractivity contribution in [2.24, 2.45) is 0 Å². The molecule has 0 aliphatic carbocycles. The summed E-state index contributed by atoms with van der Waals surface area (Å²) in [5.74, 6) is -0.0796. The van der Waals surface area contributed by atoms with Crippen LogP contribution < -0.4 is 0 Å². The number of ketones is 1. The zero-order valence-electron chi connectivity index (χ0n) is 6.55. The molecule has 0 bridgehead atoms. The fourth-order valence-electron chi connectivity index (χ4n) is 0.924. The summed E-state index contributed by atoms with van der Waals surface area (Å²) in [7, 11) is 0. The van der Waals surface area contributed by atoms with E-state index in [1.165, 1.54) is 0 Å². The van der Waals surface area contributed by atoms with Gasteiger partial charge in [-0.3, -0.25) is 4.79 Å². The van der Waals surface area contributed by atoms with Crippen LogP contribution in [0.1, 0.15) is 15.9 Å². The van der Waals surface area contributed by atoms with Gasteiger partial charge in [0.2, 0.25) is 0 Å². The minimum absolute atomic E-state index is 0.0796. The van der Waals surface area contributed by atoms with E-state index in [9.17, 15) is 4.79 Å². The van der Waals surface area contributed by atoms with E-state index in [1.54, 1.807) is 18.2 Å². The standard InChI is InChI=1S/C9H5Br2NO/c10-4-9(13)8-2-1-7(11)3-6(8)5-12/h1-3H,4H2. The van der Waals surface area contributed by atoms with E-state index in [2.05, 4.69) is 31.9 Å². The molecule has 0 atom stereocenters. The van der Waals surface area contributed by atoms with Crippen molar-refractivity contribution in [3.63, 3.8) is 0 Å². The number of halogens is 2. The predicted molar refractivity (Wildman–Crippen MR) is 57.0 cm³/mol. The molecule has 0 radical (unpaired) electrons. The summed E-state index contributed by atoms with van der Waals surface area (Å²) in [5.41, 5.74) is 0.862. The van der Waals surface area contributed by atoms with Gasteiger partial charge in [-0.25, -0.2) is 0 Å². The van der Waals surface area contributed by atoms with E-state index >= 15 is 0 Å². The van der Waals surface area contributed by atoms with Crippen molar-refractivity contribution in [2.75, 3.05) is 5.33 Å². The zero-order valence-corrected chi connectivity index (χ0v) is 9.72. The monoisotopic (exact) mass is 301 g/mol. The lowest BCUT2D eigenvalue weighted by atomic mass is 10.1. The molecule has 0 aromatic heterocycles. The maximum atomic E-state index is 11.3. The molecule has 1 rings (SSSR count). The third-order valence-corrected chi connectivity index (χ3v) is 2.53. The molecule has 4 heteroatoms. The summed E-state index contributed by atoms with van der Waals surface area (Å²) in [6, 6.07) is 7.01. The first kappa shape index (κ1) is 10.4. The van der Waals surface area contributed by atoms with Gasteiger partial charge in [-0.2, -0.15) is 5.26 Å². The van der Waals surface area contributed by atoms with Crippen LogP contribution in [0.2, 0.25) is 0 Å². The van der Waals surface area contributed by atoms with Gasteiger partial charge in [0, 0.05) is 10.0 Å². The van der Waals surface area contributed by atoms with Crippen LogP contribution in [0.25, 0.3) is 0 Å². The first-order valence-corrected chi connectivity index (χ1v) is 5.39. The maximum Gasteiger partial charge on any atom is 0.174 e. The molecule has 2 nitrogen and oxygen atoms in total. The number of nitrogens with zero attached hydrogens (tertiary/aromatic N) is 1. The average Bonchev–Trinajstić information content (AvgIpc) is 2.16. The van der Waals surface area contributed by atoms with Crippen molar-refractivity contribution < 1.29 is 4.79 Å². The number of Topliss-reactive ketones (excluding diaryl/α,β-unsaturated/α-hetero) is 1. The van der Waals surface area contributed by atoms with Crippen molar-refractivity contribution in [1.29, 1.82) is 5.26 Å². The number of alkyl halides is 1. The van der Waals surface area contributed by atoms with E-state index < -0.39 is 0 Å². The van der Waals surface area contributed by atoms with Gasteiger partial charge in [-0.05, 0) is 18.2 Å². The van der Waals surface area contributed by atoms with Crippen LogP contribution in [-0.2, 0) is 0 Å². The minimum atomic E-state index is -0.0796. The van der Waals surface area contributed by atoms with Gasteiger partial charge < -0.3 is 0 Å². The lowest BCUT2D eigenvalue weighted by molar-refractivity contribution is 0.102. The lowest BCUT2D eigenvalue weighted by Gasteiger charge is -2.00. The number of benzene rings is 1. The van der Waals surface area contributed by atoms with Crippen LogP contribution in [-0.4, -0.2) is 11.1 Å². The topological polar surface area (TPSA) is 40.9 Å². The van der Waals surface area contributed by atoms with Crippen LogP contribution in [0.3, 0.4) is 0 Å². The maximum absolute atomic E-state index is 11.3. The van der Waals surface area contributed by atoms with Gasteiger partial charge in [-0.1, -0.05) is 31.9 Å². The highest BCUT2D eigenvalue weighted by Gasteiger charge is 2.09. The summed E-state index contributed by atoms with van der Waals surface area (Å²) in [4.78, 5) is 11.3. The molecule has 0 aliphatic heterocycles. The number of nitriles is 1. The highest BCUT2D eigenvalue weighted by molar-refractivity contribution is 9.10. The number of carbonyl (C=O) groups excluding carboxylic acids is 1. The fraction of sp³-hybridized carbons (Fsp3) is 0.111. The average molecular weight is 303 g/mol. The Morgan fingerprint density at radius 3 is 2.77 bits per heavy atom. The molecule has 0 spiro atoms. The Kier molecular flexibility index (Phi) is 3.64. The Bertz CT molecular complexity index is 382. The number of hydrogen-bond acceptors (Lipinski definition) is 2. The van der Waals surface area contributed by atoms with Gasteiger partial charge in [0.05, 0.1) is 17.0 Å². The number of carbonyl (C=O) groups is 1. The normalized spacial score (nSPS) is 9.31. The summed E-state index contributed by atoms with van der Waals surface area (Å²) < 4.78 is 0.801. The van der Waals surface area contributed by atoms with Crippen LogP contribution in [0.4, 0.5) is 0 Å². The molecule has 0 heterocycles. The van der Waals surface area contributed by atoms with Gasteiger partial charge in [0.15, 0.2) is 5.78 Å². The summed E-state index contributed by atoms with van der Waals surface area (Å²) in [6.07, 6.45) is 0. The molecule has 66 valence electrons. The molecule has 0 N–H and O–H groups in total. The quantitative estimate of drug-likeness (QED) is 0.622. The molecule has 13 heavy (non-hydrogen) atoms. The smallest absolute Gasteiger partial charge is 0.174 e. The van der Waals surface area contributed by atoms with Crippen LogP contribution in [0, 0.1) is 11.3 Å². The van der Waals surface area contributed by atoms with Crippen LogP contribution in [0.15, 0.2) is 22.7 Å². The molecule has 1 aromatic rings. The Labute approximate surface area is 92.8 Å². The molecular weight excluding hydrogens is 298 g/mol. The summed E-state index contributed by atoms with van der Waals surface area (Å²) in [5, 5.41) is 8.99. The van der Waals surface area contributed by atoms with Gasteiger partial charge in [0.1, 0.15) is 0 Å². The van der Waals surface area contributed by atoms with E-state index in [4.69, 9.17) is 5.26 Å².